The Hall–Kier alpha value is -2.11. The lowest BCUT2D eigenvalue weighted by Gasteiger charge is -2.55. The van der Waals surface area contributed by atoms with Gasteiger partial charge in [0.1, 0.15) is 11.9 Å². The normalized spacial score (nSPS) is 31.7. The topological polar surface area (TPSA) is 74.3 Å². The number of aromatic nitrogens is 1. The van der Waals surface area contributed by atoms with Crippen LogP contribution in [0.25, 0.3) is 0 Å². The first kappa shape index (κ1) is 21.7. The van der Waals surface area contributed by atoms with Crippen LogP contribution in [0, 0.1) is 29.1 Å². The van der Waals surface area contributed by atoms with E-state index >= 15 is 0 Å². The van der Waals surface area contributed by atoms with Crippen LogP contribution in [-0.2, 0) is 16.1 Å². The van der Waals surface area contributed by atoms with Gasteiger partial charge in [0.15, 0.2) is 0 Å². The molecule has 6 rings (SSSR count). The van der Waals surface area contributed by atoms with Crippen molar-refractivity contribution in [3.05, 3.63) is 23.9 Å². The number of pyridine rings is 1. The summed E-state index contributed by atoms with van der Waals surface area (Å²) in [5.41, 5.74) is 0.822. The van der Waals surface area contributed by atoms with E-state index in [0.717, 1.165) is 61.5 Å². The van der Waals surface area contributed by atoms with Gasteiger partial charge in [-0.1, -0.05) is 13.8 Å². The molecule has 1 aromatic heterocycles. The van der Waals surface area contributed by atoms with E-state index in [4.69, 9.17) is 0 Å². The van der Waals surface area contributed by atoms with Gasteiger partial charge in [-0.2, -0.15) is 0 Å². The molecule has 6 heteroatoms. The van der Waals surface area contributed by atoms with Crippen molar-refractivity contribution >= 4 is 17.6 Å². The molecule has 1 saturated heterocycles. The standard InChI is InChI=1S/C26H38N4O2/c1-17(2)23(29-25(32)26-13-19-9-20(14-26)11-21(10-19)15-26)24(31)28-16-18-5-6-27-22(12-18)30-7-3-4-8-30/h5-6,12,17,19-21,23H,3-4,7-11,13-16H2,1-2H3,(H,28,31)(H,29,32)/t19?,20?,21?,23-,26?/m0/s1. The first-order valence-corrected chi connectivity index (χ1v) is 12.7. The molecule has 174 valence electrons. The van der Waals surface area contributed by atoms with Crippen molar-refractivity contribution in [3.8, 4) is 0 Å². The molecule has 1 aliphatic heterocycles. The van der Waals surface area contributed by atoms with Gasteiger partial charge in [0.05, 0.1) is 0 Å². The number of rotatable bonds is 7. The molecule has 2 heterocycles. The Kier molecular flexibility index (Phi) is 5.89. The summed E-state index contributed by atoms with van der Waals surface area (Å²) in [6, 6.07) is 3.54. The summed E-state index contributed by atoms with van der Waals surface area (Å²) in [6.07, 6.45) is 11.2. The third kappa shape index (κ3) is 4.25. The average Bonchev–Trinajstić information content (AvgIpc) is 3.30. The third-order valence-corrected chi connectivity index (χ3v) is 8.46. The van der Waals surface area contributed by atoms with Gasteiger partial charge in [0.2, 0.25) is 11.8 Å². The smallest absolute Gasteiger partial charge is 0.243 e. The Bertz CT molecular complexity index is 826. The fraction of sp³-hybridized carbons (Fsp3) is 0.731. The van der Waals surface area contributed by atoms with Crippen LogP contribution in [0.1, 0.15) is 70.8 Å². The van der Waals surface area contributed by atoms with E-state index in [1.165, 1.54) is 32.1 Å². The number of carbonyl (C=O) groups is 2. The summed E-state index contributed by atoms with van der Waals surface area (Å²) in [6.45, 7) is 6.59. The van der Waals surface area contributed by atoms with Gasteiger partial charge in [-0.25, -0.2) is 4.98 Å². The SMILES string of the molecule is CC(C)[C@H](NC(=O)C12CC3CC(CC(C3)C1)C2)C(=O)NCc1ccnc(N2CCCC2)c1. The van der Waals surface area contributed by atoms with Crippen molar-refractivity contribution in [2.24, 2.45) is 29.1 Å². The maximum Gasteiger partial charge on any atom is 0.243 e. The van der Waals surface area contributed by atoms with Crippen molar-refractivity contribution < 1.29 is 9.59 Å². The molecule has 4 saturated carbocycles. The van der Waals surface area contributed by atoms with Gasteiger partial charge in [0, 0.05) is 31.2 Å². The number of hydrogen-bond acceptors (Lipinski definition) is 4. The first-order chi connectivity index (χ1) is 15.4. The molecule has 4 bridgehead atoms. The van der Waals surface area contributed by atoms with Crippen LogP contribution >= 0.6 is 0 Å². The van der Waals surface area contributed by atoms with Crippen molar-refractivity contribution in [3.63, 3.8) is 0 Å². The van der Waals surface area contributed by atoms with Crippen molar-refractivity contribution in [1.82, 2.24) is 15.6 Å². The zero-order valence-electron chi connectivity index (χ0n) is 19.6. The van der Waals surface area contributed by atoms with Crippen LogP contribution in [0.5, 0.6) is 0 Å². The van der Waals surface area contributed by atoms with Crippen molar-refractivity contribution in [2.45, 2.75) is 77.8 Å². The van der Waals surface area contributed by atoms with E-state index in [1.807, 2.05) is 26.1 Å². The minimum absolute atomic E-state index is 0.0467. The van der Waals surface area contributed by atoms with Gasteiger partial charge < -0.3 is 15.5 Å². The molecule has 1 aromatic rings. The summed E-state index contributed by atoms with van der Waals surface area (Å²) in [5.74, 6) is 3.23. The summed E-state index contributed by atoms with van der Waals surface area (Å²) in [5, 5.41) is 6.27. The Morgan fingerprint density at radius 1 is 1.09 bits per heavy atom. The summed E-state index contributed by atoms with van der Waals surface area (Å²) in [7, 11) is 0. The summed E-state index contributed by atoms with van der Waals surface area (Å²) in [4.78, 5) is 33.4. The fourth-order valence-electron chi connectivity index (χ4n) is 7.21. The van der Waals surface area contributed by atoms with Crippen LogP contribution in [0.15, 0.2) is 18.3 Å². The minimum atomic E-state index is -0.490. The molecule has 0 unspecified atom stereocenters. The van der Waals surface area contributed by atoms with Crippen molar-refractivity contribution in [2.75, 3.05) is 18.0 Å². The predicted molar refractivity (Wildman–Crippen MR) is 125 cm³/mol. The number of nitrogens with zero attached hydrogens (tertiary/aromatic N) is 2. The highest BCUT2D eigenvalue weighted by Gasteiger charge is 2.55. The highest BCUT2D eigenvalue weighted by atomic mass is 16.2. The second kappa shape index (κ2) is 8.68. The second-order valence-corrected chi connectivity index (χ2v) is 11.3. The molecule has 6 nitrogen and oxygen atoms in total. The summed E-state index contributed by atoms with van der Waals surface area (Å²) >= 11 is 0. The van der Waals surface area contributed by atoms with Gasteiger partial charge in [-0.15, -0.1) is 0 Å². The molecule has 5 aliphatic rings. The van der Waals surface area contributed by atoms with E-state index < -0.39 is 6.04 Å². The van der Waals surface area contributed by atoms with Crippen LogP contribution < -0.4 is 15.5 Å². The Morgan fingerprint density at radius 2 is 1.72 bits per heavy atom. The third-order valence-electron chi connectivity index (χ3n) is 8.46. The lowest BCUT2D eigenvalue weighted by atomic mass is 9.49. The number of amides is 2. The van der Waals surface area contributed by atoms with Crippen molar-refractivity contribution in [1.29, 1.82) is 0 Å². The van der Waals surface area contributed by atoms with Gasteiger partial charge in [0.25, 0.3) is 0 Å². The Morgan fingerprint density at radius 3 is 2.31 bits per heavy atom. The molecule has 2 amide bonds. The van der Waals surface area contributed by atoms with E-state index in [2.05, 4.69) is 26.6 Å². The highest BCUT2D eigenvalue weighted by molar-refractivity contribution is 5.90. The lowest BCUT2D eigenvalue weighted by Crippen LogP contribution is -2.58. The average molecular weight is 439 g/mol. The second-order valence-electron chi connectivity index (χ2n) is 11.3. The molecule has 1 atom stereocenters. The number of hydrogen-bond donors (Lipinski definition) is 2. The quantitative estimate of drug-likeness (QED) is 0.681. The molecule has 4 aliphatic carbocycles. The summed E-state index contributed by atoms with van der Waals surface area (Å²) < 4.78 is 0. The number of carbonyl (C=O) groups excluding carboxylic acids is 2. The van der Waals surface area contributed by atoms with Crippen LogP contribution in [0.3, 0.4) is 0 Å². The molecular formula is C26H38N4O2. The Labute approximate surface area is 191 Å². The van der Waals surface area contributed by atoms with E-state index in [1.54, 1.807) is 0 Å². The fourth-order valence-corrected chi connectivity index (χ4v) is 7.21. The molecule has 0 spiro atoms. The maximum absolute atomic E-state index is 13.5. The zero-order valence-corrected chi connectivity index (χ0v) is 19.6. The maximum atomic E-state index is 13.5. The van der Waals surface area contributed by atoms with Crippen LogP contribution in [0.4, 0.5) is 5.82 Å². The van der Waals surface area contributed by atoms with Crippen LogP contribution in [0.2, 0.25) is 0 Å². The monoisotopic (exact) mass is 438 g/mol. The van der Waals surface area contributed by atoms with Gasteiger partial charge in [-0.3, -0.25) is 9.59 Å². The zero-order chi connectivity index (χ0) is 22.3. The molecule has 0 radical (unpaired) electrons. The molecule has 32 heavy (non-hydrogen) atoms. The highest BCUT2D eigenvalue weighted by Crippen LogP contribution is 2.60. The van der Waals surface area contributed by atoms with E-state index in [0.29, 0.717) is 6.54 Å². The number of nitrogens with one attached hydrogen (secondary N) is 2. The largest absolute Gasteiger partial charge is 0.357 e. The lowest BCUT2D eigenvalue weighted by molar-refractivity contribution is -0.149. The molecule has 5 fully saturated rings. The predicted octanol–water partition coefficient (Wildman–Crippen LogP) is 3.66. The van der Waals surface area contributed by atoms with E-state index in [-0.39, 0.29) is 23.1 Å². The number of anilines is 1. The molecule has 0 aromatic carbocycles. The Balaban J connectivity index is 1.21. The van der Waals surface area contributed by atoms with Gasteiger partial charge in [-0.05, 0) is 92.7 Å². The first-order valence-electron chi connectivity index (χ1n) is 12.7. The minimum Gasteiger partial charge on any atom is -0.357 e. The van der Waals surface area contributed by atoms with Crippen LogP contribution in [-0.4, -0.2) is 35.9 Å². The molecule has 2 N–H and O–H groups in total. The molecular weight excluding hydrogens is 400 g/mol. The van der Waals surface area contributed by atoms with Gasteiger partial charge >= 0.3 is 0 Å². The van der Waals surface area contributed by atoms with E-state index in [9.17, 15) is 9.59 Å².